The van der Waals surface area contributed by atoms with Crippen LogP contribution in [0.5, 0.6) is 0 Å². The first kappa shape index (κ1) is 14.9. The van der Waals surface area contributed by atoms with Gasteiger partial charge in [0, 0.05) is 16.7 Å². The number of aromatic nitrogens is 1. The topological polar surface area (TPSA) is 30.0 Å². The number of carbonyl (C=O) groups is 1. The minimum atomic E-state index is -4.57. The number of aldehydes is 1. The highest BCUT2D eigenvalue weighted by Gasteiger charge is 2.33. The lowest BCUT2D eigenvalue weighted by atomic mass is 10.1. The van der Waals surface area contributed by atoms with Crippen molar-refractivity contribution in [3.05, 3.63) is 52.7 Å². The molecule has 7 heteroatoms. The standard InChI is InChI=1S/C13H7ClF3NOS/c14-9-2-4-12(18-6-9)20-10-3-1-8(7-19)11(5-10)13(15,16)17/h1-7H. The number of alkyl halides is 3. The zero-order chi connectivity index (χ0) is 14.8. The molecule has 0 aliphatic heterocycles. The van der Waals surface area contributed by atoms with Crippen LogP contribution < -0.4 is 0 Å². The zero-order valence-corrected chi connectivity index (χ0v) is 11.4. The van der Waals surface area contributed by atoms with E-state index in [4.69, 9.17) is 11.6 Å². The van der Waals surface area contributed by atoms with Gasteiger partial charge in [-0.15, -0.1) is 0 Å². The van der Waals surface area contributed by atoms with Crippen molar-refractivity contribution in [3.8, 4) is 0 Å². The highest BCUT2D eigenvalue weighted by Crippen LogP contribution is 2.35. The Hall–Kier alpha value is -1.53. The van der Waals surface area contributed by atoms with E-state index in [1.54, 1.807) is 12.1 Å². The van der Waals surface area contributed by atoms with Gasteiger partial charge < -0.3 is 0 Å². The van der Waals surface area contributed by atoms with Crippen molar-refractivity contribution in [2.24, 2.45) is 0 Å². The Morgan fingerprint density at radius 2 is 1.95 bits per heavy atom. The molecule has 1 aromatic heterocycles. The fourth-order valence-electron chi connectivity index (χ4n) is 1.49. The predicted molar refractivity (Wildman–Crippen MR) is 70.2 cm³/mol. The van der Waals surface area contributed by atoms with E-state index in [1.165, 1.54) is 12.3 Å². The fourth-order valence-corrected chi connectivity index (χ4v) is 2.40. The van der Waals surface area contributed by atoms with E-state index in [9.17, 15) is 18.0 Å². The molecule has 0 spiro atoms. The Bertz CT molecular complexity index is 629. The first-order valence-electron chi connectivity index (χ1n) is 5.36. The average molecular weight is 318 g/mol. The van der Waals surface area contributed by atoms with Crippen molar-refractivity contribution in [2.45, 2.75) is 16.1 Å². The minimum absolute atomic E-state index is 0.192. The molecule has 1 aromatic carbocycles. The number of hydrogen-bond donors (Lipinski definition) is 0. The lowest BCUT2D eigenvalue weighted by Gasteiger charge is -2.11. The van der Waals surface area contributed by atoms with Gasteiger partial charge in [-0.1, -0.05) is 23.4 Å². The number of benzene rings is 1. The largest absolute Gasteiger partial charge is 0.417 e. The summed E-state index contributed by atoms with van der Waals surface area (Å²) >= 11 is 6.74. The van der Waals surface area contributed by atoms with E-state index in [1.807, 2.05) is 0 Å². The summed E-state index contributed by atoms with van der Waals surface area (Å²) in [7, 11) is 0. The number of halogens is 4. The molecule has 0 bridgehead atoms. The highest BCUT2D eigenvalue weighted by molar-refractivity contribution is 7.99. The van der Waals surface area contributed by atoms with Crippen molar-refractivity contribution in [2.75, 3.05) is 0 Å². The summed E-state index contributed by atoms with van der Waals surface area (Å²) in [5, 5.41) is 0.961. The SMILES string of the molecule is O=Cc1ccc(Sc2ccc(Cl)cn2)cc1C(F)(F)F. The van der Waals surface area contributed by atoms with Crippen molar-refractivity contribution in [3.63, 3.8) is 0 Å². The third kappa shape index (κ3) is 3.52. The van der Waals surface area contributed by atoms with Gasteiger partial charge in [0.2, 0.25) is 0 Å². The summed E-state index contributed by atoms with van der Waals surface area (Å²) in [4.78, 5) is 15.0. The van der Waals surface area contributed by atoms with Crippen LogP contribution in [0, 0.1) is 0 Å². The maximum atomic E-state index is 12.8. The van der Waals surface area contributed by atoms with Gasteiger partial charge >= 0.3 is 6.18 Å². The van der Waals surface area contributed by atoms with Crippen LogP contribution in [0.25, 0.3) is 0 Å². The Kier molecular flexibility index (Phi) is 4.35. The second-order valence-electron chi connectivity index (χ2n) is 3.78. The molecule has 0 N–H and O–H groups in total. The van der Waals surface area contributed by atoms with Gasteiger partial charge in [0.05, 0.1) is 10.6 Å². The third-order valence-electron chi connectivity index (χ3n) is 2.38. The quantitative estimate of drug-likeness (QED) is 0.767. The van der Waals surface area contributed by atoms with E-state index in [-0.39, 0.29) is 11.8 Å². The summed E-state index contributed by atoms with van der Waals surface area (Å²) in [6.45, 7) is 0. The van der Waals surface area contributed by atoms with Crippen molar-refractivity contribution < 1.29 is 18.0 Å². The van der Waals surface area contributed by atoms with Gasteiger partial charge in [-0.05, 0) is 30.3 Å². The van der Waals surface area contributed by atoms with Crippen molar-refractivity contribution in [1.82, 2.24) is 4.98 Å². The average Bonchev–Trinajstić information content (AvgIpc) is 2.40. The smallest absolute Gasteiger partial charge is 0.298 e. The van der Waals surface area contributed by atoms with Crippen molar-refractivity contribution >= 4 is 29.6 Å². The molecule has 0 aliphatic rings. The maximum absolute atomic E-state index is 12.8. The molecular weight excluding hydrogens is 311 g/mol. The number of rotatable bonds is 3. The molecule has 0 amide bonds. The molecule has 0 saturated carbocycles. The molecule has 0 fully saturated rings. The molecule has 2 nitrogen and oxygen atoms in total. The summed E-state index contributed by atoms with van der Waals surface area (Å²) in [5.74, 6) is 0. The third-order valence-corrected chi connectivity index (χ3v) is 3.54. The highest BCUT2D eigenvalue weighted by atomic mass is 35.5. The molecule has 104 valence electrons. The van der Waals surface area contributed by atoms with Crippen LogP contribution in [0.1, 0.15) is 15.9 Å². The maximum Gasteiger partial charge on any atom is 0.417 e. The molecular formula is C13H7ClF3NOS. The van der Waals surface area contributed by atoms with E-state index in [2.05, 4.69) is 4.98 Å². The van der Waals surface area contributed by atoms with Crippen LogP contribution in [0.2, 0.25) is 5.02 Å². The number of hydrogen-bond acceptors (Lipinski definition) is 3. The van der Waals surface area contributed by atoms with Crippen LogP contribution in [0.4, 0.5) is 13.2 Å². The van der Waals surface area contributed by atoms with Gasteiger partial charge in [-0.3, -0.25) is 4.79 Å². The summed E-state index contributed by atoms with van der Waals surface area (Å²) in [6, 6.07) is 6.73. The molecule has 1 heterocycles. The lowest BCUT2D eigenvalue weighted by Crippen LogP contribution is -2.08. The van der Waals surface area contributed by atoms with Crippen LogP contribution in [-0.4, -0.2) is 11.3 Å². The molecule has 0 aliphatic carbocycles. The van der Waals surface area contributed by atoms with Gasteiger partial charge in [0.1, 0.15) is 5.03 Å². The van der Waals surface area contributed by atoms with Gasteiger partial charge in [-0.25, -0.2) is 4.98 Å². The Morgan fingerprint density at radius 1 is 1.20 bits per heavy atom. The van der Waals surface area contributed by atoms with E-state index >= 15 is 0 Å². The molecule has 0 unspecified atom stereocenters. The summed E-state index contributed by atoms with van der Waals surface area (Å²) in [6.07, 6.45) is -2.97. The zero-order valence-electron chi connectivity index (χ0n) is 9.82. The second-order valence-corrected chi connectivity index (χ2v) is 5.31. The second kappa shape index (κ2) is 5.85. The molecule has 0 radical (unpaired) electrons. The van der Waals surface area contributed by atoms with E-state index in [0.717, 1.165) is 23.9 Å². The molecule has 20 heavy (non-hydrogen) atoms. The van der Waals surface area contributed by atoms with Crippen LogP contribution in [0.15, 0.2) is 46.5 Å². The fraction of sp³-hybridized carbons (Fsp3) is 0.0769. The number of nitrogens with zero attached hydrogens (tertiary/aromatic N) is 1. The Balaban J connectivity index is 2.34. The molecule has 2 aromatic rings. The van der Waals surface area contributed by atoms with Crippen molar-refractivity contribution in [1.29, 1.82) is 0 Å². The molecule has 2 rings (SSSR count). The lowest BCUT2D eigenvalue weighted by molar-refractivity contribution is -0.138. The monoisotopic (exact) mass is 317 g/mol. The normalized spacial score (nSPS) is 11.4. The first-order valence-corrected chi connectivity index (χ1v) is 6.55. The van der Waals surface area contributed by atoms with E-state index in [0.29, 0.717) is 14.9 Å². The summed E-state index contributed by atoms with van der Waals surface area (Å²) < 4.78 is 38.4. The Morgan fingerprint density at radius 3 is 2.50 bits per heavy atom. The predicted octanol–water partition coefficient (Wildman–Crippen LogP) is 4.72. The molecule has 0 saturated heterocycles. The van der Waals surface area contributed by atoms with Crippen LogP contribution in [-0.2, 0) is 6.18 Å². The minimum Gasteiger partial charge on any atom is -0.298 e. The first-order chi connectivity index (χ1) is 9.40. The molecule has 0 atom stereocenters. The summed E-state index contributed by atoms with van der Waals surface area (Å²) in [5.41, 5.74) is -1.34. The van der Waals surface area contributed by atoms with Crippen LogP contribution >= 0.6 is 23.4 Å². The van der Waals surface area contributed by atoms with Crippen LogP contribution in [0.3, 0.4) is 0 Å². The van der Waals surface area contributed by atoms with Gasteiger partial charge in [0.15, 0.2) is 6.29 Å². The Labute approximate surface area is 122 Å². The number of pyridine rings is 1. The number of carbonyl (C=O) groups excluding carboxylic acids is 1. The van der Waals surface area contributed by atoms with Gasteiger partial charge in [-0.2, -0.15) is 13.2 Å². The van der Waals surface area contributed by atoms with Gasteiger partial charge in [0.25, 0.3) is 0 Å². The van der Waals surface area contributed by atoms with E-state index < -0.39 is 11.7 Å².